The van der Waals surface area contributed by atoms with Crippen LogP contribution in [0.15, 0.2) is 198 Å². The molecule has 2 aliphatic rings. The van der Waals surface area contributed by atoms with Crippen LogP contribution in [0.4, 0.5) is 0 Å². The molecule has 1 aliphatic heterocycles. The Morgan fingerprint density at radius 2 is 1.22 bits per heavy atom. The lowest BCUT2D eigenvalue weighted by Gasteiger charge is -2.11. The van der Waals surface area contributed by atoms with E-state index in [9.17, 15) is 0 Å². The Balaban J connectivity index is 1.15. The monoisotopic (exact) mass is 642 g/mol. The summed E-state index contributed by atoms with van der Waals surface area (Å²) < 4.78 is 0. The van der Waals surface area contributed by atoms with Crippen molar-refractivity contribution in [2.75, 3.05) is 6.54 Å². The molecule has 0 N–H and O–H groups in total. The summed E-state index contributed by atoms with van der Waals surface area (Å²) in [5.41, 5.74) is 14.5. The molecule has 2 heteroatoms. The van der Waals surface area contributed by atoms with Gasteiger partial charge >= 0.3 is 0 Å². The summed E-state index contributed by atoms with van der Waals surface area (Å²) in [4.78, 5) is 9.61. The van der Waals surface area contributed by atoms with E-state index in [0.717, 1.165) is 36.1 Å². The van der Waals surface area contributed by atoms with E-state index in [0.29, 0.717) is 6.54 Å². The van der Waals surface area contributed by atoms with Gasteiger partial charge in [-0.15, -0.1) is 0 Å². The first-order valence-corrected chi connectivity index (χ1v) is 17.5. The highest BCUT2D eigenvalue weighted by Gasteiger charge is 2.13. The Bertz CT molecular complexity index is 2310. The van der Waals surface area contributed by atoms with Crippen LogP contribution < -0.4 is 0 Å². The number of fused-ring (bicyclic) bond motifs is 1. The number of allylic oxidation sites excluding steroid dienone is 9. The van der Waals surface area contributed by atoms with Crippen molar-refractivity contribution in [1.29, 1.82) is 0 Å². The summed E-state index contributed by atoms with van der Waals surface area (Å²) in [5.74, 6) is 0. The average Bonchev–Trinajstić information content (AvgIpc) is 3.38. The van der Waals surface area contributed by atoms with Crippen LogP contribution in [0, 0.1) is 0 Å². The minimum Gasteiger partial charge on any atom is -0.284 e. The van der Waals surface area contributed by atoms with Crippen molar-refractivity contribution in [2.24, 2.45) is 4.99 Å². The molecule has 0 saturated heterocycles. The van der Waals surface area contributed by atoms with Gasteiger partial charge in [-0.05, 0) is 103 Å². The van der Waals surface area contributed by atoms with Gasteiger partial charge in [-0.1, -0.05) is 158 Å². The predicted molar refractivity (Wildman–Crippen MR) is 212 cm³/mol. The van der Waals surface area contributed by atoms with E-state index >= 15 is 0 Å². The zero-order valence-electron chi connectivity index (χ0n) is 28.0. The molecule has 0 bridgehead atoms. The maximum absolute atomic E-state index is 5.29. The molecule has 0 radical (unpaired) electrons. The molecule has 5 aromatic carbocycles. The third-order valence-corrected chi connectivity index (χ3v) is 9.66. The maximum Gasteiger partial charge on any atom is 0.0649 e. The lowest BCUT2D eigenvalue weighted by molar-refractivity contribution is 1.07. The van der Waals surface area contributed by atoms with Crippen LogP contribution in [0.5, 0.6) is 0 Å². The molecule has 8 rings (SSSR count). The summed E-state index contributed by atoms with van der Waals surface area (Å²) in [5, 5.41) is 2.57. The summed E-state index contributed by atoms with van der Waals surface area (Å²) >= 11 is 0. The van der Waals surface area contributed by atoms with Crippen LogP contribution in [-0.2, 0) is 0 Å². The molecular formula is C48H38N2. The SMILES string of the molecule is C1=CC(C2=CCCC(c3ccc(-c4ccccc4)cc3)=NCC(c3ccc(-c4cccnc4)cc3)=C2)=CC=C(c2cccc3ccccc23)C1. The van der Waals surface area contributed by atoms with E-state index in [1.807, 2.05) is 18.5 Å². The van der Waals surface area contributed by atoms with E-state index in [2.05, 4.69) is 169 Å². The predicted octanol–water partition coefficient (Wildman–Crippen LogP) is 12.1. The molecule has 0 unspecified atom stereocenters. The lowest BCUT2D eigenvalue weighted by Crippen LogP contribution is -2.02. The Morgan fingerprint density at radius 1 is 0.520 bits per heavy atom. The van der Waals surface area contributed by atoms with Crippen LogP contribution >= 0.6 is 0 Å². The zero-order chi connectivity index (χ0) is 33.5. The molecule has 1 aliphatic carbocycles. The average molecular weight is 643 g/mol. The molecular weight excluding hydrogens is 605 g/mol. The Morgan fingerprint density at radius 3 is 2.04 bits per heavy atom. The fourth-order valence-electron chi connectivity index (χ4n) is 6.95. The summed E-state index contributed by atoms with van der Waals surface area (Å²) in [7, 11) is 0. The largest absolute Gasteiger partial charge is 0.284 e. The van der Waals surface area contributed by atoms with Crippen LogP contribution in [0.3, 0.4) is 0 Å². The van der Waals surface area contributed by atoms with Crippen molar-refractivity contribution in [3.8, 4) is 22.3 Å². The van der Waals surface area contributed by atoms with Crippen molar-refractivity contribution in [3.63, 3.8) is 0 Å². The molecule has 50 heavy (non-hydrogen) atoms. The Labute approximate surface area is 294 Å². The number of benzene rings is 5. The smallest absolute Gasteiger partial charge is 0.0649 e. The van der Waals surface area contributed by atoms with Crippen molar-refractivity contribution < 1.29 is 0 Å². The maximum atomic E-state index is 5.29. The Hall–Kier alpha value is -6.12. The molecule has 0 fully saturated rings. The van der Waals surface area contributed by atoms with Gasteiger partial charge in [-0.25, -0.2) is 0 Å². The molecule has 0 spiro atoms. The zero-order valence-corrected chi connectivity index (χ0v) is 28.0. The van der Waals surface area contributed by atoms with Gasteiger partial charge in [0.05, 0.1) is 6.54 Å². The summed E-state index contributed by atoms with van der Waals surface area (Å²) in [6, 6.07) is 47.7. The summed E-state index contributed by atoms with van der Waals surface area (Å²) in [6.45, 7) is 0.605. The van der Waals surface area contributed by atoms with Crippen molar-refractivity contribution in [3.05, 3.63) is 210 Å². The first-order valence-electron chi connectivity index (χ1n) is 17.5. The molecule has 0 atom stereocenters. The first kappa shape index (κ1) is 31.2. The molecule has 0 amide bonds. The molecule has 2 nitrogen and oxygen atoms in total. The minimum atomic E-state index is 0.605. The van der Waals surface area contributed by atoms with Gasteiger partial charge in [0.1, 0.15) is 0 Å². The fourth-order valence-corrected chi connectivity index (χ4v) is 6.95. The van der Waals surface area contributed by atoms with E-state index in [1.54, 1.807) is 0 Å². The van der Waals surface area contributed by atoms with Crippen molar-refractivity contribution in [1.82, 2.24) is 4.98 Å². The van der Waals surface area contributed by atoms with Crippen molar-refractivity contribution >= 4 is 27.6 Å². The van der Waals surface area contributed by atoms with Crippen molar-refractivity contribution in [2.45, 2.75) is 19.3 Å². The third-order valence-electron chi connectivity index (χ3n) is 9.66. The number of rotatable bonds is 6. The Kier molecular flexibility index (Phi) is 9.07. The molecule has 240 valence electrons. The van der Waals surface area contributed by atoms with Gasteiger partial charge in [0.2, 0.25) is 0 Å². The van der Waals surface area contributed by atoms with Gasteiger partial charge < -0.3 is 0 Å². The van der Waals surface area contributed by atoms with Crippen LogP contribution in [0.2, 0.25) is 0 Å². The number of nitrogens with zero attached hydrogens (tertiary/aromatic N) is 2. The van der Waals surface area contributed by atoms with Gasteiger partial charge in [0.25, 0.3) is 0 Å². The molecule has 1 aromatic heterocycles. The lowest BCUT2D eigenvalue weighted by atomic mass is 9.95. The van der Waals surface area contributed by atoms with Crippen LogP contribution in [0.25, 0.3) is 44.2 Å². The topological polar surface area (TPSA) is 25.2 Å². The van der Waals surface area contributed by atoms with Gasteiger partial charge in [0, 0.05) is 18.1 Å². The number of hydrogen-bond acceptors (Lipinski definition) is 2. The van der Waals surface area contributed by atoms with Crippen LogP contribution in [0.1, 0.15) is 36.0 Å². The van der Waals surface area contributed by atoms with E-state index in [1.165, 1.54) is 60.9 Å². The van der Waals surface area contributed by atoms with Gasteiger partial charge in [0.15, 0.2) is 0 Å². The number of aliphatic imine (C=N–C) groups is 1. The number of hydrogen-bond donors (Lipinski definition) is 0. The second kappa shape index (κ2) is 14.6. The molecule has 0 saturated carbocycles. The van der Waals surface area contributed by atoms with E-state index < -0.39 is 0 Å². The van der Waals surface area contributed by atoms with E-state index in [4.69, 9.17) is 4.99 Å². The van der Waals surface area contributed by atoms with Gasteiger partial charge in [-0.2, -0.15) is 0 Å². The second-order valence-electron chi connectivity index (χ2n) is 12.8. The fraction of sp³-hybridized carbons (Fsp3) is 0.0833. The highest BCUT2D eigenvalue weighted by atomic mass is 14.7. The molecule has 6 aromatic rings. The first-order chi connectivity index (χ1) is 24.8. The second-order valence-corrected chi connectivity index (χ2v) is 12.8. The van der Waals surface area contributed by atoms with Gasteiger partial charge in [-0.3, -0.25) is 9.98 Å². The van der Waals surface area contributed by atoms with Crippen LogP contribution in [-0.4, -0.2) is 17.2 Å². The minimum absolute atomic E-state index is 0.605. The normalized spacial score (nSPS) is 15.0. The number of aromatic nitrogens is 1. The molecule has 2 heterocycles. The highest BCUT2D eigenvalue weighted by molar-refractivity contribution is 6.01. The summed E-state index contributed by atoms with van der Waals surface area (Å²) in [6.07, 6.45) is 20.4. The van der Waals surface area contributed by atoms with E-state index in [-0.39, 0.29) is 0 Å². The number of pyridine rings is 1. The third kappa shape index (κ3) is 6.88. The quantitative estimate of drug-likeness (QED) is 0.177. The highest BCUT2D eigenvalue weighted by Crippen LogP contribution is 2.32. The standard InChI is InChI=1S/C48H38N2/c1-2-10-35(11-3-1)37-26-29-42(30-27-37)48-20-8-16-43(32-45(34-50-48)39-23-21-38(22-24-39)44-17-9-31-49-33-44)36-13-6-14-41(28-25-36)47-19-7-15-40-12-4-5-18-46(40)47/h1-7,9-13,15-19,21-33H,8,14,20,34H2.